The third kappa shape index (κ3) is 5.71. The van der Waals surface area contributed by atoms with E-state index < -0.39 is 35.4 Å². The Balaban J connectivity index is 1.85. The molecule has 0 spiro atoms. The van der Waals surface area contributed by atoms with Crippen molar-refractivity contribution in [1.29, 1.82) is 0 Å². The third-order valence-corrected chi connectivity index (χ3v) is 5.13. The number of benzene rings is 2. The molecule has 33 heavy (non-hydrogen) atoms. The highest BCUT2D eigenvalue weighted by atomic mass is 19.4. The van der Waals surface area contributed by atoms with Crippen LogP contribution in [0.1, 0.15) is 53.7 Å². The topological polar surface area (TPSA) is 68.0 Å². The Hall–Kier alpha value is -3.37. The molecule has 0 fully saturated rings. The molecule has 0 unspecified atom stereocenters. The maximum Gasteiger partial charge on any atom is 0.416 e. The number of halogens is 6. The smallest absolute Gasteiger partial charge is 0.340 e. The van der Waals surface area contributed by atoms with E-state index in [4.69, 9.17) is 4.52 Å². The number of hydrogen-bond acceptors (Lipinski definition) is 4. The normalized spacial score (nSPS) is 14.1. The second-order valence-corrected chi connectivity index (χ2v) is 7.45. The molecule has 0 radical (unpaired) electrons. The average molecular weight is 471 g/mol. The standard InChI is InChI=1S/C22H19F6N3O2/c1-3-12(2)17(29-19(32)13-7-9-15(10-8-13)21(23,24)25)20-30-18(31-33-20)14-5-4-6-16(11-14)22(26,27)28/h4-12,17H,3H2,1-2H3,(H,29,32)/t12-,17-/m0/s1. The van der Waals surface area contributed by atoms with Crippen LogP contribution in [-0.2, 0) is 12.4 Å². The molecule has 1 N–H and O–H groups in total. The molecule has 0 aliphatic carbocycles. The average Bonchev–Trinajstić information content (AvgIpc) is 3.26. The van der Waals surface area contributed by atoms with E-state index in [2.05, 4.69) is 15.5 Å². The molecule has 0 saturated carbocycles. The fourth-order valence-electron chi connectivity index (χ4n) is 3.03. The summed E-state index contributed by atoms with van der Waals surface area (Å²) in [6, 6.07) is 7.29. The molecular formula is C22H19F6N3O2. The molecule has 11 heteroatoms. The van der Waals surface area contributed by atoms with Crippen LogP contribution in [0, 0.1) is 5.92 Å². The predicted octanol–water partition coefficient (Wildman–Crippen LogP) is 6.29. The monoisotopic (exact) mass is 471 g/mol. The van der Waals surface area contributed by atoms with Crippen molar-refractivity contribution < 1.29 is 35.7 Å². The van der Waals surface area contributed by atoms with Gasteiger partial charge in [-0.3, -0.25) is 4.79 Å². The molecular weight excluding hydrogens is 452 g/mol. The fourth-order valence-corrected chi connectivity index (χ4v) is 3.03. The maximum absolute atomic E-state index is 13.0. The summed E-state index contributed by atoms with van der Waals surface area (Å²) in [4.78, 5) is 16.8. The molecule has 3 aromatic rings. The van der Waals surface area contributed by atoms with E-state index in [1.165, 1.54) is 12.1 Å². The third-order valence-electron chi connectivity index (χ3n) is 5.13. The summed E-state index contributed by atoms with van der Waals surface area (Å²) in [5, 5.41) is 6.40. The van der Waals surface area contributed by atoms with Gasteiger partial charge in [0.2, 0.25) is 11.7 Å². The van der Waals surface area contributed by atoms with Gasteiger partial charge < -0.3 is 9.84 Å². The lowest BCUT2D eigenvalue weighted by Crippen LogP contribution is -2.32. The van der Waals surface area contributed by atoms with Gasteiger partial charge in [-0.05, 0) is 42.3 Å². The zero-order valence-corrected chi connectivity index (χ0v) is 17.5. The van der Waals surface area contributed by atoms with Crippen LogP contribution in [0.3, 0.4) is 0 Å². The first-order chi connectivity index (χ1) is 15.4. The van der Waals surface area contributed by atoms with E-state index in [1.54, 1.807) is 6.92 Å². The molecule has 1 heterocycles. The van der Waals surface area contributed by atoms with E-state index in [1.807, 2.05) is 6.92 Å². The van der Waals surface area contributed by atoms with Crippen LogP contribution in [0.5, 0.6) is 0 Å². The number of nitrogens with zero attached hydrogens (tertiary/aromatic N) is 2. The van der Waals surface area contributed by atoms with Crippen molar-refractivity contribution in [2.75, 3.05) is 0 Å². The summed E-state index contributed by atoms with van der Waals surface area (Å²) in [5.74, 6) is -1.00. The lowest BCUT2D eigenvalue weighted by Gasteiger charge is -2.21. The first-order valence-corrected chi connectivity index (χ1v) is 9.89. The van der Waals surface area contributed by atoms with Crippen molar-refractivity contribution in [1.82, 2.24) is 15.5 Å². The van der Waals surface area contributed by atoms with Crippen LogP contribution in [0.4, 0.5) is 26.3 Å². The second-order valence-electron chi connectivity index (χ2n) is 7.45. The van der Waals surface area contributed by atoms with Crippen LogP contribution >= 0.6 is 0 Å². The molecule has 1 aromatic heterocycles. The Bertz CT molecular complexity index is 1110. The zero-order valence-electron chi connectivity index (χ0n) is 17.5. The van der Waals surface area contributed by atoms with Crippen LogP contribution in [0.25, 0.3) is 11.4 Å². The molecule has 0 aliphatic heterocycles. The number of carbonyl (C=O) groups is 1. The molecule has 0 aliphatic rings. The molecule has 1 amide bonds. The van der Waals surface area contributed by atoms with Gasteiger partial charge in [-0.25, -0.2) is 0 Å². The van der Waals surface area contributed by atoms with Crippen LogP contribution in [0.15, 0.2) is 53.1 Å². The summed E-state index contributed by atoms with van der Waals surface area (Å²) in [7, 11) is 0. The van der Waals surface area contributed by atoms with Gasteiger partial charge in [0.1, 0.15) is 6.04 Å². The van der Waals surface area contributed by atoms with Crippen LogP contribution in [-0.4, -0.2) is 16.0 Å². The highest BCUT2D eigenvalue weighted by Gasteiger charge is 2.32. The lowest BCUT2D eigenvalue weighted by atomic mass is 9.98. The van der Waals surface area contributed by atoms with Gasteiger partial charge in [0, 0.05) is 11.1 Å². The minimum Gasteiger partial charge on any atom is -0.340 e. The second kappa shape index (κ2) is 9.24. The number of amides is 1. The highest BCUT2D eigenvalue weighted by Crippen LogP contribution is 2.33. The fraction of sp³-hybridized carbons (Fsp3) is 0.318. The maximum atomic E-state index is 13.0. The zero-order chi connectivity index (χ0) is 24.4. The highest BCUT2D eigenvalue weighted by molar-refractivity contribution is 5.94. The van der Waals surface area contributed by atoms with Gasteiger partial charge in [0.25, 0.3) is 5.91 Å². The lowest BCUT2D eigenvalue weighted by molar-refractivity contribution is -0.138. The van der Waals surface area contributed by atoms with Crippen molar-refractivity contribution in [3.63, 3.8) is 0 Å². The van der Waals surface area contributed by atoms with Gasteiger partial charge in [-0.1, -0.05) is 37.6 Å². The summed E-state index contributed by atoms with van der Waals surface area (Å²) in [6.07, 6.45) is -8.51. The van der Waals surface area contributed by atoms with E-state index in [0.29, 0.717) is 6.42 Å². The van der Waals surface area contributed by atoms with E-state index >= 15 is 0 Å². The summed E-state index contributed by atoms with van der Waals surface area (Å²) < 4.78 is 82.4. The molecule has 5 nitrogen and oxygen atoms in total. The SMILES string of the molecule is CC[C@H](C)[C@H](NC(=O)c1ccc(C(F)(F)F)cc1)c1nc(-c2cccc(C(F)(F)F)c2)no1. The van der Waals surface area contributed by atoms with E-state index in [0.717, 1.165) is 36.4 Å². The van der Waals surface area contributed by atoms with Gasteiger partial charge in [-0.2, -0.15) is 31.3 Å². The summed E-state index contributed by atoms with van der Waals surface area (Å²) in [5.41, 5.74) is -1.69. The van der Waals surface area contributed by atoms with Gasteiger partial charge in [0.15, 0.2) is 0 Å². The Morgan fingerprint density at radius 1 is 1.00 bits per heavy atom. The van der Waals surface area contributed by atoms with Crippen molar-refractivity contribution in [3.05, 3.63) is 71.1 Å². The Kier molecular flexibility index (Phi) is 6.80. The molecule has 0 saturated heterocycles. The summed E-state index contributed by atoms with van der Waals surface area (Å²) in [6.45, 7) is 3.62. The van der Waals surface area contributed by atoms with Crippen LogP contribution in [0.2, 0.25) is 0 Å². The number of carbonyl (C=O) groups excluding carboxylic acids is 1. The minimum absolute atomic E-state index is 0.00563. The van der Waals surface area contributed by atoms with Gasteiger partial charge in [-0.15, -0.1) is 0 Å². The van der Waals surface area contributed by atoms with E-state index in [9.17, 15) is 31.1 Å². The summed E-state index contributed by atoms with van der Waals surface area (Å²) >= 11 is 0. The first kappa shape index (κ1) is 24.3. The van der Waals surface area contributed by atoms with Crippen molar-refractivity contribution in [3.8, 4) is 11.4 Å². The Morgan fingerprint density at radius 2 is 1.64 bits per heavy atom. The van der Waals surface area contributed by atoms with Crippen LogP contribution < -0.4 is 5.32 Å². The number of rotatable bonds is 6. The number of alkyl halides is 6. The largest absolute Gasteiger partial charge is 0.416 e. The molecule has 2 atom stereocenters. The Morgan fingerprint density at radius 3 is 2.21 bits per heavy atom. The molecule has 3 rings (SSSR count). The molecule has 176 valence electrons. The van der Waals surface area contributed by atoms with Crippen molar-refractivity contribution in [2.45, 2.75) is 38.7 Å². The van der Waals surface area contributed by atoms with Gasteiger partial charge in [0.05, 0.1) is 11.1 Å². The first-order valence-electron chi connectivity index (χ1n) is 9.89. The van der Waals surface area contributed by atoms with Crippen molar-refractivity contribution >= 4 is 5.91 Å². The van der Waals surface area contributed by atoms with E-state index in [-0.39, 0.29) is 28.8 Å². The van der Waals surface area contributed by atoms with Crippen molar-refractivity contribution in [2.24, 2.45) is 5.92 Å². The Labute approximate surface area is 184 Å². The number of nitrogens with one attached hydrogen (secondary N) is 1. The quantitative estimate of drug-likeness (QED) is 0.429. The predicted molar refractivity (Wildman–Crippen MR) is 106 cm³/mol. The molecule has 2 aromatic carbocycles. The molecule has 0 bridgehead atoms. The number of hydrogen-bond donors (Lipinski definition) is 1. The van der Waals surface area contributed by atoms with Gasteiger partial charge >= 0.3 is 12.4 Å². The number of aromatic nitrogens is 2. The minimum atomic E-state index is -4.54.